The Balaban J connectivity index is 1.79. The lowest BCUT2D eigenvalue weighted by molar-refractivity contribution is -0.385. The molecule has 2 atom stereocenters. The number of carbonyl (C=O) groups excluding carboxylic acids is 1. The molecule has 0 bridgehead atoms. The molecule has 154 valence electrons. The Bertz CT molecular complexity index is 1180. The monoisotopic (exact) mass is 462 g/mol. The number of H-pyrrole nitrogens is 1. The molecule has 1 aliphatic heterocycles. The third-order valence-corrected chi connectivity index (χ3v) is 7.45. The van der Waals surface area contributed by atoms with Crippen LogP contribution in [0.3, 0.4) is 0 Å². The number of aromatic nitrogens is 1. The number of benzene rings is 2. The van der Waals surface area contributed by atoms with Crippen LogP contribution in [-0.4, -0.2) is 21.9 Å². The SMILES string of the molecule is O=C[C@@H]1CSc2[nH]c(=O)sc2[C@H]1c1cc([N+](=O)[O-])ccc1OCc1ccccc1Cl. The van der Waals surface area contributed by atoms with Crippen LogP contribution in [0.4, 0.5) is 5.69 Å². The molecule has 2 aromatic carbocycles. The Hall–Kier alpha value is -2.62. The summed E-state index contributed by atoms with van der Waals surface area (Å²) in [6.07, 6.45) is 0.835. The molecule has 1 aromatic heterocycles. The number of halogens is 1. The minimum absolute atomic E-state index is 0.109. The highest BCUT2D eigenvalue weighted by Crippen LogP contribution is 2.47. The molecule has 1 N–H and O–H groups in total. The van der Waals surface area contributed by atoms with Crippen molar-refractivity contribution in [3.63, 3.8) is 0 Å². The van der Waals surface area contributed by atoms with Gasteiger partial charge in [-0.25, -0.2) is 0 Å². The fourth-order valence-electron chi connectivity index (χ4n) is 3.39. The Morgan fingerprint density at radius 1 is 1.30 bits per heavy atom. The largest absolute Gasteiger partial charge is 0.489 e. The molecule has 1 aliphatic rings. The van der Waals surface area contributed by atoms with Gasteiger partial charge in [-0.1, -0.05) is 41.1 Å². The number of thioether (sulfide) groups is 1. The van der Waals surface area contributed by atoms with E-state index in [9.17, 15) is 19.7 Å². The maximum atomic E-state index is 11.9. The third kappa shape index (κ3) is 4.00. The van der Waals surface area contributed by atoms with Crippen LogP contribution in [0.5, 0.6) is 5.75 Å². The molecule has 0 radical (unpaired) electrons. The van der Waals surface area contributed by atoms with Gasteiger partial charge < -0.3 is 14.5 Å². The molecule has 0 spiro atoms. The van der Waals surface area contributed by atoms with Gasteiger partial charge in [0, 0.05) is 50.7 Å². The van der Waals surface area contributed by atoms with E-state index in [-0.39, 0.29) is 17.2 Å². The summed E-state index contributed by atoms with van der Waals surface area (Å²) < 4.78 is 5.99. The molecule has 0 amide bonds. The molecule has 0 saturated carbocycles. The number of nitrogens with zero attached hydrogens (tertiary/aromatic N) is 1. The number of aldehydes is 1. The molecule has 30 heavy (non-hydrogen) atoms. The van der Waals surface area contributed by atoms with Gasteiger partial charge in [-0.3, -0.25) is 14.9 Å². The molecule has 0 unspecified atom stereocenters. The van der Waals surface area contributed by atoms with E-state index in [1.165, 1.54) is 30.0 Å². The number of hydrogen-bond donors (Lipinski definition) is 1. The van der Waals surface area contributed by atoms with Gasteiger partial charge in [-0.2, -0.15) is 0 Å². The van der Waals surface area contributed by atoms with E-state index in [2.05, 4.69) is 4.98 Å². The Labute approximate surface area is 184 Å². The predicted molar refractivity (Wildman–Crippen MR) is 116 cm³/mol. The maximum Gasteiger partial charge on any atom is 0.305 e. The standard InChI is InChI=1S/C20H15ClN2O5S2/c21-15-4-2-1-3-11(15)9-28-16-6-5-13(23(26)27)7-14(16)17-12(8-24)10-29-19-18(17)30-20(25)22-19/h1-8,12,17H,9-10H2,(H,22,25)/t12-,17-/m1/s1. The van der Waals surface area contributed by atoms with Crippen LogP contribution in [0.1, 0.15) is 21.9 Å². The van der Waals surface area contributed by atoms with Crippen LogP contribution in [-0.2, 0) is 11.4 Å². The van der Waals surface area contributed by atoms with Crippen LogP contribution < -0.4 is 9.61 Å². The molecular weight excluding hydrogens is 448 g/mol. The highest BCUT2D eigenvalue weighted by atomic mass is 35.5. The first-order chi connectivity index (χ1) is 14.5. The first kappa shape index (κ1) is 20.6. The number of thiazole rings is 1. The lowest BCUT2D eigenvalue weighted by Gasteiger charge is -2.28. The second-order valence-corrected chi connectivity index (χ2v) is 9.11. The van der Waals surface area contributed by atoms with Gasteiger partial charge in [-0.15, -0.1) is 11.8 Å². The number of hydrogen-bond acceptors (Lipinski definition) is 7. The molecular formula is C20H15ClN2O5S2. The topological polar surface area (TPSA) is 102 Å². The van der Waals surface area contributed by atoms with Crippen LogP contribution >= 0.6 is 34.7 Å². The van der Waals surface area contributed by atoms with Crippen molar-refractivity contribution in [3.8, 4) is 5.75 Å². The average Bonchev–Trinajstić information content (AvgIpc) is 3.12. The molecule has 0 saturated heterocycles. The third-order valence-electron chi connectivity index (χ3n) is 4.83. The van der Waals surface area contributed by atoms with Crippen molar-refractivity contribution in [1.82, 2.24) is 4.98 Å². The van der Waals surface area contributed by atoms with Crippen molar-refractivity contribution >= 4 is 46.7 Å². The van der Waals surface area contributed by atoms with Crippen LogP contribution in [0, 0.1) is 16.0 Å². The number of nitro groups is 1. The summed E-state index contributed by atoms with van der Waals surface area (Å²) in [6.45, 7) is 0.161. The summed E-state index contributed by atoms with van der Waals surface area (Å²) in [5.41, 5.74) is 1.16. The summed E-state index contributed by atoms with van der Waals surface area (Å²) in [5, 5.41) is 12.6. The average molecular weight is 463 g/mol. The number of nitro benzene ring substituents is 1. The van der Waals surface area contributed by atoms with Gasteiger partial charge in [0.1, 0.15) is 18.6 Å². The number of ether oxygens (including phenoxy) is 1. The number of carbonyl (C=O) groups is 1. The van der Waals surface area contributed by atoms with Crippen molar-refractivity contribution in [2.75, 3.05) is 5.75 Å². The lowest BCUT2D eigenvalue weighted by atomic mass is 9.85. The van der Waals surface area contributed by atoms with Crippen molar-refractivity contribution < 1.29 is 14.5 Å². The predicted octanol–water partition coefficient (Wildman–Crippen LogP) is 4.63. The number of aromatic amines is 1. The van der Waals surface area contributed by atoms with Crippen molar-refractivity contribution in [2.45, 2.75) is 17.6 Å². The van der Waals surface area contributed by atoms with E-state index in [4.69, 9.17) is 16.3 Å². The van der Waals surface area contributed by atoms with Crippen molar-refractivity contribution in [3.05, 3.63) is 83.3 Å². The van der Waals surface area contributed by atoms with Crippen molar-refractivity contribution in [2.24, 2.45) is 5.92 Å². The normalized spacial score (nSPS) is 17.9. The van der Waals surface area contributed by atoms with Gasteiger partial charge in [-0.05, 0) is 12.1 Å². The number of rotatable bonds is 6. The molecule has 4 rings (SSSR count). The summed E-state index contributed by atoms with van der Waals surface area (Å²) >= 11 is 8.62. The number of non-ortho nitro benzene ring substituents is 1. The van der Waals surface area contributed by atoms with E-state index in [1.807, 2.05) is 18.2 Å². The van der Waals surface area contributed by atoms with E-state index >= 15 is 0 Å². The van der Waals surface area contributed by atoms with Gasteiger partial charge in [0.15, 0.2) is 0 Å². The van der Waals surface area contributed by atoms with E-state index < -0.39 is 16.8 Å². The van der Waals surface area contributed by atoms with Crippen LogP contribution in [0.15, 0.2) is 52.3 Å². The molecule has 10 heteroatoms. The maximum absolute atomic E-state index is 11.9. The van der Waals surface area contributed by atoms with E-state index in [0.29, 0.717) is 32.0 Å². The minimum atomic E-state index is -0.510. The van der Waals surface area contributed by atoms with Gasteiger partial charge in [0.25, 0.3) is 5.69 Å². The molecule has 2 heterocycles. The number of nitrogens with one attached hydrogen (secondary N) is 1. The first-order valence-corrected chi connectivity index (χ1v) is 11.1. The second kappa shape index (κ2) is 8.63. The quantitative estimate of drug-likeness (QED) is 0.325. The molecule has 7 nitrogen and oxygen atoms in total. The number of fused-ring (bicyclic) bond motifs is 1. The van der Waals surface area contributed by atoms with E-state index in [1.54, 1.807) is 6.07 Å². The Morgan fingerprint density at radius 2 is 2.10 bits per heavy atom. The summed E-state index contributed by atoms with van der Waals surface area (Å²) in [6, 6.07) is 11.5. The Morgan fingerprint density at radius 3 is 2.83 bits per heavy atom. The second-order valence-electron chi connectivity index (χ2n) is 6.66. The summed E-state index contributed by atoms with van der Waals surface area (Å²) in [7, 11) is 0. The minimum Gasteiger partial charge on any atom is -0.489 e. The van der Waals surface area contributed by atoms with Gasteiger partial charge >= 0.3 is 4.87 Å². The lowest BCUT2D eigenvalue weighted by Crippen LogP contribution is -2.22. The van der Waals surface area contributed by atoms with E-state index in [0.717, 1.165) is 23.2 Å². The molecule has 0 fully saturated rings. The molecule has 3 aromatic rings. The Kier molecular flexibility index (Phi) is 5.94. The van der Waals surface area contributed by atoms with Crippen LogP contribution in [0.2, 0.25) is 5.02 Å². The summed E-state index contributed by atoms with van der Waals surface area (Å²) in [5.74, 6) is -0.0842. The van der Waals surface area contributed by atoms with Crippen LogP contribution in [0.25, 0.3) is 0 Å². The van der Waals surface area contributed by atoms with Gasteiger partial charge in [0.05, 0.1) is 9.95 Å². The first-order valence-electron chi connectivity index (χ1n) is 8.93. The van der Waals surface area contributed by atoms with Crippen molar-refractivity contribution in [1.29, 1.82) is 0 Å². The van der Waals surface area contributed by atoms with Gasteiger partial charge in [0.2, 0.25) is 0 Å². The zero-order valence-corrected chi connectivity index (χ0v) is 17.8. The zero-order chi connectivity index (χ0) is 21.3. The fraction of sp³-hybridized carbons (Fsp3) is 0.200. The zero-order valence-electron chi connectivity index (χ0n) is 15.4. The fourth-order valence-corrected chi connectivity index (χ4v) is 5.94. The molecule has 0 aliphatic carbocycles. The summed E-state index contributed by atoms with van der Waals surface area (Å²) in [4.78, 5) is 37.9. The smallest absolute Gasteiger partial charge is 0.305 e. The highest BCUT2D eigenvalue weighted by molar-refractivity contribution is 7.99. The highest BCUT2D eigenvalue weighted by Gasteiger charge is 2.36.